The molecule has 0 atom stereocenters. The molecule has 194 valence electrons. The zero-order chi connectivity index (χ0) is 26.6. The van der Waals surface area contributed by atoms with E-state index in [-0.39, 0.29) is 0 Å². The molecule has 4 aromatic heterocycles. The highest BCUT2D eigenvalue weighted by Crippen LogP contribution is 2.30. The van der Waals surface area contributed by atoms with Crippen LogP contribution in [-0.4, -0.2) is 29.5 Å². The lowest BCUT2D eigenvalue weighted by Gasteiger charge is -2.12. The van der Waals surface area contributed by atoms with E-state index in [1.54, 1.807) is 10.8 Å². The van der Waals surface area contributed by atoms with E-state index in [2.05, 4.69) is 95.3 Å². The predicted octanol–water partition coefficient (Wildman–Crippen LogP) is 5.89. The molecule has 9 heteroatoms. The van der Waals surface area contributed by atoms with Gasteiger partial charge in [-0.3, -0.25) is 8.51 Å². The average molecular weight is 627 g/mol. The summed E-state index contributed by atoms with van der Waals surface area (Å²) in [6.45, 7) is 4.12. The first kappa shape index (κ1) is 25.4. The lowest BCUT2D eigenvalue weighted by molar-refractivity contribution is 0.670. The van der Waals surface area contributed by atoms with Crippen molar-refractivity contribution in [3.8, 4) is 33.8 Å². The summed E-state index contributed by atoms with van der Waals surface area (Å²) in [7, 11) is 0. The molecule has 4 heterocycles. The fraction of sp³-hybridized carbons (Fsp3) is 0.133. The van der Waals surface area contributed by atoms with Crippen molar-refractivity contribution >= 4 is 28.5 Å². The van der Waals surface area contributed by atoms with Crippen molar-refractivity contribution in [3.05, 3.63) is 114 Å². The number of nitrogens with one attached hydrogen (secondary N) is 3. The summed E-state index contributed by atoms with van der Waals surface area (Å²) in [5.41, 5.74) is 10.2. The van der Waals surface area contributed by atoms with Crippen molar-refractivity contribution in [2.45, 2.75) is 26.6 Å². The van der Waals surface area contributed by atoms with E-state index >= 15 is 0 Å². The Balaban J connectivity index is 1.27. The first-order valence-corrected chi connectivity index (χ1v) is 13.8. The van der Waals surface area contributed by atoms with Gasteiger partial charge < -0.3 is 10.3 Å². The van der Waals surface area contributed by atoms with Crippen molar-refractivity contribution < 1.29 is 0 Å². The van der Waals surface area contributed by atoms with Crippen LogP contribution in [0.15, 0.2) is 91.4 Å². The Bertz CT molecular complexity index is 1740. The van der Waals surface area contributed by atoms with Crippen LogP contribution >= 0.6 is 22.9 Å². The smallest absolute Gasteiger partial charge is 0.155 e. The summed E-state index contributed by atoms with van der Waals surface area (Å²) >= 11 is 2.18. The number of aromatic nitrogens is 6. The van der Waals surface area contributed by atoms with E-state index in [1.807, 2.05) is 43.5 Å². The summed E-state index contributed by atoms with van der Waals surface area (Å²) < 4.78 is 4.97. The van der Waals surface area contributed by atoms with Crippen molar-refractivity contribution in [1.29, 1.82) is 0 Å². The highest BCUT2D eigenvalue weighted by Gasteiger charge is 2.16. The minimum atomic E-state index is 0.581. The molecule has 0 saturated heterocycles. The summed E-state index contributed by atoms with van der Waals surface area (Å²) in [6, 6.07) is 27.2. The van der Waals surface area contributed by atoms with Crippen LogP contribution in [0.4, 0.5) is 0 Å². The maximum absolute atomic E-state index is 4.98. The second-order valence-electron chi connectivity index (χ2n) is 9.32. The zero-order valence-corrected chi connectivity index (χ0v) is 23.6. The van der Waals surface area contributed by atoms with E-state index in [9.17, 15) is 0 Å². The molecule has 0 spiro atoms. The summed E-state index contributed by atoms with van der Waals surface area (Å²) in [5, 5.41) is 7.89. The van der Waals surface area contributed by atoms with Crippen molar-refractivity contribution in [2.75, 3.05) is 0 Å². The largest absolute Gasteiger partial charge is 0.340 e. The van der Waals surface area contributed by atoms with E-state index in [4.69, 9.17) is 9.97 Å². The van der Waals surface area contributed by atoms with Crippen LogP contribution < -0.4 is 8.85 Å². The molecule has 0 aliphatic carbocycles. The van der Waals surface area contributed by atoms with Crippen LogP contribution in [0.2, 0.25) is 0 Å². The number of rotatable bonds is 9. The molecule has 39 heavy (non-hydrogen) atoms. The van der Waals surface area contributed by atoms with Crippen LogP contribution in [0, 0.1) is 6.92 Å². The summed E-state index contributed by atoms with van der Waals surface area (Å²) in [5.74, 6) is 0.842. The Morgan fingerprint density at radius 2 is 1.77 bits per heavy atom. The van der Waals surface area contributed by atoms with Crippen molar-refractivity contribution in [2.24, 2.45) is 0 Å². The molecule has 0 aliphatic heterocycles. The molecule has 0 unspecified atom stereocenters. The average Bonchev–Trinajstić information content (AvgIpc) is 3.61. The Morgan fingerprint density at radius 3 is 2.67 bits per heavy atom. The predicted molar refractivity (Wildman–Crippen MR) is 162 cm³/mol. The number of H-pyrrole nitrogens is 1. The fourth-order valence-electron chi connectivity index (χ4n) is 4.74. The Hall–Kier alpha value is -3.93. The minimum absolute atomic E-state index is 0.581. The van der Waals surface area contributed by atoms with Gasteiger partial charge in [0.05, 0.1) is 17.9 Å². The van der Waals surface area contributed by atoms with Gasteiger partial charge in [0, 0.05) is 53.4 Å². The molecule has 0 bridgehead atoms. The van der Waals surface area contributed by atoms with Crippen LogP contribution in [-0.2, 0) is 19.6 Å². The van der Waals surface area contributed by atoms with Gasteiger partial charge in [0.25, 0.3) is 0 Å². The number of aromatic amines is 1. The molecule has 0 fully saturated rings. The molecule has 0 saturated carbocycles. The fourth-order valence-corrected chi connectivity index (χ4v) is 5.18. The summed E-state index contributed by atoms with van der Waals surface area (Å²) in [4.78, 5) is 17.5. The maximum Gasteiger partial charge on any atom is 0.155 e. The van der Waals surface area contributed by atoms with Gasteiger partial charge in [-0.15, -0.1) is 0 Å². The van der Waals surface area contributed by atoms with E-state index < -0.39 is 0 Å². The summed E-state index contributed by atoms with van der Waals surface area (Å²) in [6.07, 6.45) is 3.52. The lowest BCUT2D eigenvalue weighted by atomic mass is 9.98. The van der Waals surface area contributed by atoms with Gasteiger partial charge in [-0.25, -0.2) is 14.5 Å². The number of nitrogens with zero attached hydrogens (tertiary/aromatic N) is 5. The maximum atomic E-state index is 4.98. The monoisotopic (exact) mass is 626 g/mol. The molecule has 3 N–H and O–H groups in total. The first-order valence-electron chi connectivity index (χ1n) is 12.7. The lowest BCUT2D eigenvalue weighted by Crippen LogP contribution is -2.14. The SMILES string of the molecule is Cc1cccc(-c2nc(CNCc3ccccc3-c3cccc(CNI)c3)[nH]c2-c2ccc3ncnn3c2)n1. The number of fused-ring (bicyclic) bond motifs is 1. The van der Waals surface area contributed by atoms with Gasteiger partial charge >= 0.3 is 0 Å². The highest BCUT2D eigenvalue weighted by molar-refractivity contribution is 14.1. The number of hydrogen-bond donors (Lipinski definition) is 3. The molecule has 0 aliphatic rings. The number of pyridine rings is 2. The van der Waals surface area contributed by atoms with Gasteiger partial charge in [0.2, 0.25) is 0 Å². The van der Waals surface area contributed by atoms with Crippen LogP contribution in [0.25, 0.3) is 39.4 Å². The van der Waals surface area contributed by atoms with Crippen molar-refractivity contribution in [3.63, 3.8) is 0 Å². The minimum Gasteiger partial charge on any atom is -0.340 e. The molecule has 2 aromatic carbocycles. The Kier molecular flexibility index (Phi) is 7.44. The van der Waals surface area contributed by atoms with E-state index in [1.165, 1.54) is 22.3 Å². The van der Waals surface area contributed by atoms with E-state index in [0.29, 0.717) is 13.1 Å². The van der Waals surface area contributed by atoms with Crippen LogP contribution in [0.5, 0.6) is 0 Å². The molecule has 6 aromatic rings. The van der Waals surface area contributed by atoms with Gasteiger partial charge in [-0.1, -0.05) is 48.5 Å². The molecule has 0 amide bonds. The third-order valence-electron chi connectivity index (χ3n) is 6.58. The quantitative estimate of drug-likeness (QED) is 0.137. The van der Waals surface area contributed by atoms with Crippen molar-refractivity contribution in [1.82, 2.24) is 38.4 Å². The third-order valence-corrected chi connectivity index (χ3v) is 6.96. The van der Waals surface area contributed by atoms with Gasteiger partial charge in [0.1, 0.15) is 17.8 Å². The standard InChI is InChI=1S/C30H27IN8/c1-20-6-4-11-26(36-20)30-29(24-12-13-28-33-19-35-39(28)18-24)37-27(38-30)17-32-16-23-8-2-3-10-25(23)22-9-5-7-21(14-22)15-34-31/h2-14,18-19,32,34H,15-17H2,1H3,(H,37,38). The number of imidazole rings is 1. The zero-order valence-electron chi connectivity index (χ0n) is 21.4. The van der Waals surface area contributed by atoms with E-state index in [0.717, 1.165) is 46.4 Å². The first-order chi connectivity index (χ1) is 19.2. The molecular formula is C30H27IN8. The van der Waals surface area contributed by atoms with Gasteiger partial charge in [0.15, 0.2) is 5.65 Å². The second-order valence-corrected chi connectivity index (χ2v) is 10.1. The molecule has 0 radical (unpaired) electrons. The van der Waals surface area contributed by atoms with Crippen LogP contribution in [0.3, 0.4) is 0 Å². The third kappa shape index (κ3) is 5.60. The molecular weight excluding hydrogens is 599 g/mol. The normalized spacial score (nSPS) is 11.3. The van der Waals surface area contributed by atoms with Crippen LogP contribution in [0.1, 0.15) is 22.6 Å². The molecule has 8 nitrogen and oxygen atoms in total. The van der Waals surface area contributed by atoms with Gasteiger partial charge in [-0.05, 0) is 59.5 Å². The molecule has 6 rings (SSSR count). The topological polar surface area (TPSA) is 95.8 Å². The Labute approximate surface area is 240 Å². The Morgan fingerprint density at radius 1 is 0.872 bits per heavy atom. The number of halogens is 1. The number of hydrogen-bond acceptors (Lipinski definition) is 6. The number of benzene rings is 2. The number of aryl methyl sites for hydroxylation is 1. The second kappa shape index (κ2) is 11.4. The van der Waals surface area contributed by atoms with Gasteiger partial charge in [-0.2, -0.15) is 5.10 Å². The highest BCUT2D eigenvalue weighted by atomic mass is 127.